The normalized spacial score (nSPS) is 11.1. The summed E-state index contributed by atoms with van der Waals surface area (Å²) in [5.41, 5.74) is -1.02. The van der Waals surface area contributed by atoms with Crippen molar-refractivity contribution in [1.29, 1.82) is 0 Å². The molecule has 0 aliphatic rings. The minimum atomic E-state index is -4.51. The van der Waals surface area contributed by atoms with Crippen molar-refractivity contribution in [3.63, 3.8) is 0 Å². The van der Waals surface area contributed by atoms with Crippen molar-refractivity contribution in [3.8, 4) is 11.4 Å². The number of amides is 1. The minimum absolute atomic E-state index is 0.00591. The van der Waals surface area contributed by atoms with Crippen LogP contribution >= 0.6 is 0 Å². The van der Waals surface area contributed by atoms with Crippen molar-refractivity contribution >= 4 is 11.9 Å². The van der Waals surface area contributed by atoms with Gasteiger partial charge in [0, 0.05) is 6.54 Å². The second-order valence-corrected chi connectivity index (χ2v) is 5.46. The van der Waals surface area contributed by atoms with E-state index >= 15 is 0 Å². The molecule has 0 fully saturated rings. The predicted molar refractivity (Wildman–Crippen MR) is 88.7 cm³/mol. The largest absolute Gasteiger partial charge is 0.493 e. The Bertz CT molecular complexity index is 818. The van der Waals surface area contributed by atoms with E-state index in [2.05, 4.69) is 10.4 Å². The fraction of sp³-hybridized carbons (Fsp3) is 0.353. The predicted octanol–water partition coefficient (Wildman–Crippen LogP) is 2.58. The molecular weight excluding hydrogens is 367 g/mol. The molecule has 1 N–H and O–H groups in total. The summed E-state index contributed by atoms with van der Waals surface area (Å²) >= 11 is 0. The van der Waals surface area contributed by atoms with Gasteiger partial charge in [-0.2, -0.15) is 18.3 Å². The van der Waals surface area contributed by atoms with Crippen molar-refractivity contribution in [1.82, 2.24) is 15.1 Å². The maximum atomic E-state index is 12.9. The number of ether oxygens (including phenoxy) is 2. The maximum Gasteiger partial charge on any atom is 0.416 e. The highest BCUT2D eigenvalue weighted by Crippen LogP contribution is 2.30. The minimum Gasteiger partial charge on any atom is -0.493 e. The molecule has 27 heavy (non-hydrogen) atoms. The molecule has 1 aromatic carbocycles. The molecule has 0 bridgehead atoms. The van der Waals surface area contributed by atoms with Crippen LogP contribution in [0, 0.1) is 0 Å². The quantitative estimate of drug-likeness (QED) is 0.741. The second-order valence-electron chi connectivity index (χ2n) is 5.46. The summed E-state index contributed by atoms with van der Waals surface area (Å²) in [5, 5.41) is 6.47. The van der Waals surface area contributed by atoms with E-state index in [1.54, 1.807) is 0 Å². The molecule has 0 saturated carbocycles. The van der Waals surface area contributed by atoms with E-state index in [0.717, 1.165) is 23.2 Å². The van der Waals surface area contributed by atoms with Crippen LogP contribution in [-0.4, -0.2) is 41.9 Å². The molecular formula is C17H18F3N3O4. The molecule has 2 aromatic rings. The van der Waals surface area contributed by atoms with Gasteiger partial charge >= 0.3 is 12.1 Å². The molecule has 0 saturated heterocycles. The molecule has 1 amide bonds. The van der Waals surface area contributed by atoms with Gasteiger partial charge in [0.25, 0.3) is 5.91 Å². The van der Waals surface area contributed by atoms with Crippen molar-refractivity contribution in [2.45, 2.75) is 19.5 Å². The van der Waals surface area contributed by atoms with Crippen LogP contribution in [0.1, 0.15) is 29.4 Å². The fourth-order valence-corrected chi connectivity index (χ4v) is 2.12. The van der Waals surface area contributed by atoms with Gasteiger partial charge in [0.05, 0.1) is 24.6 Å². The Kier molecular flexibility index (Phi) is 6.43. The van der Waals surface area contributed by atoms with Gasteiger partial charge in [-0.25, -0.2) is 9.48 Å². The summed E-state index contributed by atoms with van der Waals surface area (Å²) in [7, 11) is 1.28. The van der Waals surface area contributed by atoms with E-state index in [4.69, 9.17) is 9.47 Å². The van der Waals surface area contributed by atoms with Crippen LogP contribution in [0.3, 0.4) is 0 Å². The fourth-order valence-electron chi connectivity index (χ4n) is 2.12. The highest BCUT2D eigenvalue weighted by molar-refractivity contribution is 5.92. The molecule has 0 aliphatic heterocycles. The molecule has 1 aromatic heterocycles. The number of methoxy groups -OCH3 is 1. The first kappa shape index (κ1) is 20.3. The van der Waals surface area contributed by atoms with Gasteiger partial charge in [-0.05, 0) is 24.6 Å². The van der Waals surface area contributed by atoms with E-state index in [0.29, 0.717) is 6.54 Å². The lowest BCUT2D eigenvalue weighted by Gasteiger charge is -2.08. The first-order valence-electron chi connectivity index (χ1n) is 8.01. The number of aromatic nitrogens is 2. The number of hydrogen-bond donors (Lipinski definition) is 1. The van der Waals surface area contributed by atoms with Gasteiger partial charge < -0.3 is 14.8 Å². The third-order valence-corrected chi connectivity index (χ3v) is 3.44. The lowest BCUT2D eigenvalue weighted by atomic mass is 10.2. The van der Waals surface area contributed by atoms with E-state index < -0.39 is 30.2 Å². The van der Waals surface area contributed by atoms with Crippen LogP contribution in [0.15, 0.2) is 30.5 Å². The number of carbonyl (C=O) groups is 2. The van der Waals surface area contributed by atoms with E-state index in [1.807, 2.05) is 6.92 Å². The number of hydrogen-bond acceptors (Lipinski definition) is 5. The molecule has 0 radical (unpaired) electrons. The van der Waals surface area contributed by atoms with Crippen molar-refractivity contribution in [2.24, 2.45) is 0 Å². The standard InChI is InChI=1S/C17H18F3N3O4/c1-3-7-21-14(24)10-27-16(25)15-13(26-2)9-23(22-15)12-6-4-5-11(8-12)17(18,19)20/h4-6,8-9H,3,7,10H2,1-2H3,(H,21,24). The van der Waals surface area contributed by atoms with E-state index in [-0.39, 0.29) is 17.1 Å². The van der Waals surface area contributed by atoms with Crippen molar-refractivity contribution in [2.75, 3.05) is 20.3 Å². The van der Waals surface area contributed by atoms with Gasteiger partial charge in [-0.3, -0.25) is 4.79 Å². The number of carbonyl (C=O) groups excluding carboxylic acids is 2. The topological polar surface area (TPSA) is 82.5 Å². The first-order chi connectivity index (χ1) is 12.8. The third kappa shape index (κ3) is 5.22. The number of halogens is 3. The van der Waals surface area contributed by atoms with Gasteiger partial charge in [-0.1, -0.05) is 13.0 Å². The van der Waals surface area contributed by atoms with Crippen LogP contribution in [-0.2, 0) is 15.7 Å². The maximum absolute atomic E-state index is 12.9. The smallest absolute Gasteiger partial charge is 0.416 e. The lowest BCUT2D eigenvalue weighted by Crippen LogP contribution is -2.29. The average Bonchev–Trinajstić information content (AvgIpc) is 3.08. The summed E-state index contributed by atoms with van der Waals surface area (Å²) in [4.78, 5) is 23.6. The number of nitrogens with one attached hydrogen (secondary N) is 1. The zero-order valence-electron chi connectivity index (χ0n) is 14.7. The molecule has 0 aliphatic carbocycles. The molecule has 0 spiro atoms. The van der Waals surface area contributed by atoms with Crippen molar-refractivity contribution in [3.05, 3.63) is 41.7 Å². The number of benzene rings is 1. The van der Waals surface area contributed by atoms with Crippen molar-refractivity contribution < 1.29 is 32.2 Å². The summed E-state index contributed by atoms with van der Waals surface area (Å²) in [5.74, 6) is -1.39. The number of rotatable bonds is 7. The van der Waals surface area contributed by atoms with Crippen LogP contribution in [0.25, 0.3) is 5.69 Å². The highest BCUT2D eigenvalue weighted by atomic mass is 19.4. The highest BCUT2D eigenvalue weighted by Gasteiger charge is 2.31. The SMILES string of the molecule is CCCNC(=O)COC(=O)c1nn(-c2cccc(C(F)(F)F)c2)cc1OC. The van der Waals surface area contributed by atoms with E-state index in [1.165, 1.54) is 25.4 Å². The first-order valence-corrected chi connectivity index (χ1v) is 8.01. The zero-order chi connectivity index (χ0) is 20.0. The number of alkyl halides is 3. The Hall–Kier alpha value is -3.04. The number of nitrogens with zero attached hydrogens (tertiary/aromatic N) is 2. The van der Waals surface area contributed by atoms with E-state index in [9.17, 15) is 22.8 Å². The molecule has 7 nitrogen and oxygen atoms in total. The van der Waals surface area contributed by atoms with Gasteiger partial charge in [0.15, 0.2) is 12.4 Å². The molecule has 2 rings (SSSR count). The zero-order valence-corrected chi connectivity index (χ0v) is 14.7. The Labute approximate surface area is 153 Å². The second kappa shape index (κ2) is 8.56. The summed E-state index contributed by atoms with van der Waals surface area (Å²) in [6.45, 7) is 1.82. The summed E-state index contributed by atoms with van der Waals surface area (Å²) < 4.78 is 49.6. The Morgan fingerprint density at radius 1 is 1.30 bits per heavy atom. The van der Waals surface area contributed by atoms with Crippen LogP contribution in [0.4, 0.5) is 13.2 Å². The Morgan fingerprint density at radius 3 is 2.67 bits per heavy atom. The van der Waals surface area contributed by atoms with Gasteiger partial charge in [0.1, 0.15) is 0 Å². The van der Waals surface area contributed by atoms with Crippen LogP contribution in [0.5, 0.6) is 5.75 Å². The third-order valence-electron chi connectivity index (χ3n) is 3.44. The molecule has 0 atom stereocenters. The van der Waals surface area contributed by atoms with Crippen LogP contribution in [0.2, 0.25) is 0 Å². The average molecular weight is 385 g/mol. The monoisotopic (exact) mass is 385 g/mol. The van der Waals surface area contributed by atoms with Crippen LogP contribution < -0.4 is 10.1 Å². The molecule has 1 heterocycles. The summed E-state index contributed by atoms with van der Waals surface area (Å²) in [6, 6.07) is 4.44. The lowest BCUT2D eigenvalue weighted by molar-refractivity contribution is -0.137. The van der Waals surface area contributed by atoms with Gasteiger partial charge in [-0.15, -0.1) is 0 Å². The Morgan fingerprint density at radius 2 is 2.04 bits per heavy atom. The molecule has 10 heteroatoms. The molecule has 146 valence electrons. The summed E-state index contributed by atoms with van der Waals surface area (Å²) in [6.07, 6.45) is -2.53. The Balaban J connectivity index is 2.20. The number of esters is 1. The molecule has 0 unspecified atom stereocenters. The van der Waals surface area contributed by atoms with Gasteiger partial charge in [0.2, 0.25) is 5.69 Å².